The maximum atomic E-state index is 12.5. The molecular weight excluding hydrogens is 334 g/mol. The predicted molar refractivity (Wildman–Crippen MR) is 95.1 cm³/mol. The summed E-state index contributed by atoms with van der Waals surface area (Å²) in [5.41, 5.74) is 0.663. The number of nitrogens with one attached hydrogen (secondary N) is 3. The Morgan fingerprint density at radius 3 is 2.96 bits per heavy atom. The fraction of sp³-hybridized carbons (Fsp3) is 0.353. The van der Waals surface area contributed by atoms with Crippen LogP contribution in [0.15, 0.2) is 34.1 Å². The number of fused-ring (bicyclic) bond motifs is 1. The van der Waals surface area contributed by atoms with E-state index in [-0.39, 0.29) is 29.2 Å². The first-order valence-electron chi connectivity index (χ1n) is 8.49. The lowest BCUT2D eigenvalue weighted by Gasteiger charge is -2.27. The van der Waals surface area contributed by atoms with Crippen LogP contribution in [0.3, 0.4) is 0 Å². The van der Waals surface area contributed by atoms with Gasteiger partial charge in [-0.05, 0) is 25.0 Å². The Kier molecular flexibility index (Phi) is 4.01. The number of hydrogen-bond donors (Lipinski definition) is 3. The Bertz CT molecular complexity index is 1100. The molecule has 3 aromatic rings. The third kappa shape index (κ3) is 2.75. The normalized spacial score (nSPS) is 20.0. The van der Waals surface area contributed by atoms with Gasteiger partial charge in [-0.15, -0.1) is 0 Å². The molecule has 1 aliphatic carbocycles. The lowest BCUT2D eigenvalue weighted by atomic mass is 9.85. The van der Waals surface area contributed by atoms with Gasteiger partial charge in [0.05, 0.1) is 24.2 Å². The Labute approximate surface area is 147 Å². The van der Waals surface area contributed by atoms with Crippen molar-refractivity contribution in [1.29, 1.82) is 5.26 Å². The molecule has 0 unspecified atom stereocenters. The van der Waals surface area contributed by atoms with Gasteiger partial charge in [0.25, 0.3) is 5.56 Å². The summed E-state index contributed by atoms with van der Waals surface area (Å²) in [5, 5.41) is 12.3. The number of nitrogens with zero attached hydrogens (tertiary/aromatic N) is 4. The van der Waals surface area contributed by atoms with Crippen LogP contribution in [-0.4, -0.2) is 24.5 Å². The SMILES string of the molecule is N#C[C@@H]1CCCC[C@@H]1n1c(=O)[nH]c2cnc(Nc3ccc[nH]c3=O)nc21. The minimum Gasteiger partial charge on any atom is -0.327 e. The van der Waals surface area contributed by atoms with E-state index in [0.29, 0.717) is 16.9 Å². The number of H-pyrrole nitrogens is 2. The van der Waals surface area contributed by atoms with E-state index < -0.39 is 0 Å². The third-order valence-corrected chi connectivity index (χ3v) is 4.75. The lowest BCUT2D eigenvalue weighted by Crippen LogP contribution is -2.29. The second kappa shape index (κ2) is 6.48. The summed E-state index contributed by atoms with van der Waals surface area (Å²) in [5.74, 6) is -0.00457. The fourth-order valence-corrected chi connectivity index (χ4v) is 3.50. The number of nitriles is 1. The molecule has 3 N–H and O–H groups in total. The van der Waals surface area contributed by atoms with Gasteiger partial charge in [0, 0.05) is 6.20 Å². The average molecular weight is 351 g/mol. The molecule has 0 bridgehead atoms. The van der Waals surface area contributed by atoms with E-state index >= 15 is 0 Å². The monoisotopic (exact) mass is 351 g/mol. The smallest absolute Gasteiger partial charge is 0.327 e. The van der Waals surface area contributed by atoms with Crippen molar-refractivity contribution in [2.75, 3.05) is 5.32 Å². The summed E-state index contributed by atoms with van der Waals surface area (Å²) >= 11 is 0. The fourth-order valence-electron chi connectivity index (χ4n) is 3.50. The molecule has 0 aromatic carbocycles. The van der Waals surface area contributed by atoms with Gasteiger partial charge in [-0.3, -0.25) is 9.36 Å². The number of anilines is 2. The van der Waals surface area contributed by atoms with E-state index in [2.05, 4.69) is 31.3 Å². The first kappa shape index (κ1) is 16.1. The number of hydrogen-bond acceptors (Lipinski definition) is 6. The van der Waals surface area contributed by atoms with Crippen LogP contribution in [0.2, 0.25) is 0 Å². The number of imidazole rings is 1. The van der Waals surface area contributed by atoms with Gasteiger partial charge in [-0.2, -0.15) is 10.2 Å². The second-order valence-corrected chi connectivity index (χ2v) is 6.36. The van der Waals surface area contributed by atoms with E-state index in [1.165, 1.54) is 12.4 Å². The summed E-state index contributed by atoms with van der Waals surface area (Å²) in [6.07, 6.45) is 6.53. The molecule has 0 amide bonds. The van der Waals surface area contributed by atoms with Gasteiger partial charge in [0.1, 0.15) is 11.2 Å². The van der Waals surface area contributed by atoms with Gasteiger partial charge in [-0.25, -0.2) is 9.78 Å². The van der Waals surface area contributed by atoms with Crippen LogP contribution in [0.5, 0.6) is 0 Å². The van der Waals surface area contributed by atoms with Crippen molar-refractivity contribution < 1.29 is 0 Å². The molecule has 0 spiro atoms. The third-order valence-electron chi connectivity index (χ3n) is 4.75. The minimum atomic E-state index is -0.295. The standard InChI is InChI=1S/C17H17N7O2/c18-8-10-4-1-2-6-13(10)24-14-12(22-17(24)26)9-20-16(23-14)21-11-5-3-7-19-15(11)25/h3,5,7,9-10,13H,1-2,4,6H2,(H,19,25)(H,22,26)(H,20,21,23)/t10-,13-/m0/s1. The molecule has 9 heteroatoms. The van der Waals surface area contributed by atoms with Crippen molar-refractivity contribution in [3.8, 4) is 6.07 Å². The van der Waals surface area contributed by atoms with Crippen molar-refractivity contribution in [1.82, 2.24) is 24.5 Å². The zero-order valence-electron chi connectivity index (χ0n) is 13.9. The molecule has 132 valence electrons. The summed E-state index contributed by atoms with van der Waals surface area (Å²) in [4.78, 5) is 38.2. The van der Waals surface area contributed by atoms with Gasteiger partial charge in [0.15, 0.2) is 5.65 Å². The van der Waals surface area contributed by atoms with Crippen molar-refractivity contribution in [2.45, 2.75) is 31.7 Å². The Balaban J connectivity index is 1.78. The van der Waals surface area contributed by atoms with Crippen LogP contribution in [0.25, 0.3) is 11.2 Å². The van der Waals surface area contributed by atoms with Crippen LogP contribution >= 0.6 is 0 Å². The molecule has 2 atom stereocenters. The Morgan fingerprint density at radius 1 is 1.31 bits per heavy atom. The van der Waals surface area contributed by atoms with Crippen LogP contribution < -0.4 is 16.6 Å². The Hall–Kier alpha value is -3.41. The van der Waals surface area contributed by atoms with E-state index in [1.807, 2.05) is 0 Å². The topological polar surface area (TPSA) is 132 Å². The van der Waals surface area contributed by atoms with Crippen molar-refractivity contribution in [3.05, 3.63) is 45.4 Å². The van der Waals surface area contributed by atoms with E-state index in [4.69, 9.17) is 0 Å². The number of pyridine rings is 1. The average Bonchev–Trinajstić information content (AvgIpc) is 2.98. The highest BCUT2D eigenvalue weighted by Crippen LogP contribution is 2.34. The second-order valence-electron chi connectivity index (χ2n) is 6.36. The largest absolute Gasteiger partial charge is 0.328 e. The molecule has 1 saturated carbocycles. The zero-order chi connectivity index (χ0) is 18.1. The first-order valence-corrected chi connectivity index (χ1v) is 8.49. The molecule has 0 aliphatic heterocycles. The quantitative estimate of drug-likeness (QED) is 0.659. The molecular formula is C17H17N7O2. The molecule has 4 rings (SSSR count). The molecule has 9 nitrogen and oxygen atoms in total. The molecule has 26 heavy (non-hydrogen) atoms. The first-order chi connectivity index (χ1) is 12.7. The van der Waals surface area contributed by atoms with E-state index in [1.54, 1.807) is 16.7 Å². The van der Waals surface area contributed by atoms with Gasteiger partial charge >= 0.3 is 5.69 Å². The summed E-state index contributed by atoms with van der Waals surface area (Å²) in [6.45, 7) is 0. The highest BCUT2D eigenvalue weighted by atomic mass is 16.1. The maximum absolute atomic E-state index is 12.5. The molecule has 3 heterocycles. The van der Waals surface area contributed by atoms with Crippen LogP contribution in [0.1, 0.15) is 31.7 Å². The van der Waals surface area contributed by atoms with Crippen LogP contribution in [-0.2, 0) is 0 Å². The van der Waals surface area contributed by atoms with Crippen LogP contribution in [0, 0.1) is 17.2 Å². The van der Waals surface area contributed by atoms with Crippen molar-refractivity contribution >= 4 is 22.8 Å². The van der Waals surface area contributed by atoms with Crippen molar-refractivity contribution in [2.24, 2.45) is 5.92 Å². The zero-order valence-corrected chi connectivity index (χ0v) is 13.9. The highest BCUT2D eigenvalue weighted by Gasteiger charge is 2.29. The predicted octanol–water partition coefficient (Wildman–Crippen LogP) is 1.81. The Morgan fingerprint density at radius 2 is 2.15 bits per heavy atom. The van der Waals surface area contributed by atoms with Gasteiger partial charge < -0.3 is 15.3 Å². The molecule has 3 aromatic heterocycles. The molecule has 1 fully saturated rings. The maximum Gasteiger partial charge on any atom is 0.328 e. The van der Waals surface area contributed by atoms with Gasteiger partial charge in [0.2, 0.25) is 5.95 Å². The lowest BCUT2D eigenvalue weighted by molar-refractivity contribution is 0.289. The highest BCUT2D eigenvalue weighted by molar-refractivity contribution is 5.72. The molecule has 0 saturated heterocycles. The number of aromatic nitrogens is 5. The van der Waals surface area contributed by atoms with E-state index in [0.717, 1.165) is 25.7 Å². The molecule has 1 aliphatic rings. The summed E-state index contributed by atoms with van der Waals surface area (Å²) in [6, 6.07) is 5.41. The number of rotatable bonds is 3. The minimum absolute atomic E-state index is 0.210. The van der Waals surface area contributed by atoms with E-state index in [9.17, 15) is 14.9 Å². The van der Waals surface area contributed by atoms with Crippen molar-refractivity contribution in [3.63, 3.8) is 0 Å². The summed E-state index contributed by atoms with van der Waals surface area (Å²) < 4.78 is 1.56. The molecule has 0 radical (unpaired) electrons. The summed E-state index contributed by atoms with van der Waals surface area (Å²) in [7, 11) is 0. The number of aromatic amines is 2. The van der Waals surface area contributed by atoms with Crippen LogP contribution in [0.4, 0.5) is 11.6 Å². The van der Waals surface area contributed by atoms with Gasteiger partial charge in [-0.1, -0.05) is 12.8 Å².